The minimum atomic E-state index is 0.296. The second-order valence-corrected chi connectivity index (χ2v) is 5.44. The van der Waals surface area contributed by atoms with Crippen molar-refractivity contribution >= 4 is 5.69 Å². The van der Waals surface area contributed by atoms with E-state index in [1.807, 2.05) is 25.7 Å². The first-order chi connectivity index (χ1) is 9.51. The van der Waals surface area contributed by atoms with E-state index in [4.69, 9.17) is 0 Å². The van der Waals surface area contributed by atoms with Crippen molar-refractivity contribution < 1.29 is 0 Å². The van der Waals surface area contributed by atoms with Gasteiger partial charge in [-0.3, -0.25) is 4.68 Å². The Bertz CT molecular complexity index is 572. The van der Waals surface area contributed by atoms with Gasteiger partial charge >= 0.3 is 0 Å². The van der Waals surface area contributed by atoms with E-state index in [0.717, 1.165) is 12.1 Å². The van der Waals surface area contributed by atoms with Crippen LogP contribution >= 0.6 is 0 Å². The molecule has 1 atom stereocenters. The van der Waals surface area contributed by atoms with Crippen molar-refractivity contribution in [1.29, 1.82) is 0 Å². The summed E-state index contributed by atoms with van der Waals surface area (Å²) in [5, 5.41) is 7.83. The van der Waals surface area contributed by atoms with Gasteiger partial charge in [0.2, 0.25) is 0 Å². The molecule has 4 heteroatoms. The lowest BCUT2D eigenvalue weighted by molar-refractivity contribution is 0.561. The van der Waals surface area contributed by atoms with Crippen LogP contribution in [0, 0.1) is 6.92 Å². The number of hydrogen-bond donors (Lipinski definition) is 1. The van der Waals surface area contributed by atoms with E-state index in [-0.39, 0.29) is 0 Å². The van der Waals surface area contributed by atoms with Crippen molar-refractivity contribution in [2.75, 3.05) is 26.0 Å². The number of nitrogens with one attached hydrogen (secondary N) is 1. The normalized spacial score (nSPS) is 12.4. The summed E-state index contributed by atoms with van der Waals surface area (Å²) in [5.74, 6) is 0. The molecule has 0 aliphatic heterocycles. The van der Waals surface area contributed by atoms with Crippen LogP contribution in [0.2, 0.25) is 0 Å². The van der Waals surface area contributed by atoms with E-state index >= 15 is 0 Å². The summed E-state index contributed by atoms with van der Waals surface area (Å²) in [5.41, 5.74) is 4.85. The third kappa shape index (κ3) is 3.20. The molecular formula is C16H24N4. The fraction of sp³-hybridized carbons (Fsp3) is 0.438. The lowest BCUT2D eigenvalue weighted by atomic mass is 10.0. The summed E-state index contributed by atoms with van der Waals surface area (Å²) < 4.78 is 1.97. The molecule has 0 bridgehead atoms. The minimum absolute atomic E-state index is 0.296. The third-order valence-corrected chi connectivity index (χ3v) is 3.65. The van der Waals surface area contributed by atoms with Gasteiger partial charge in [-0.2, -0.15) is 5.10 Å². The topological polar surface area (TPSA) is 33.1 Å². The summed E-state index contributed by atoms with van der Waals surface area (Å²) in [6, 6.07) is 11.1. The molecule has 0 radical (unpaired) electrons. The molecule has 4 nitrogen and oxygen atoms in total. The number of hydrogen-bond acceptors (Lipinski definition) is 3. The predicted octanol–water partition coefficient (Wildman–Crippen LogP) is 2.30. The van der Waals surface area contributed by atoms with Crippen LogP contribution in [0.15, 0.2) is 30.3 Å². The molecule has 0 aliphatic carbocycles. The molecule has 1 aromatic carbocycles. The van der Waals surface area contributed by atoms with Gasteiger partial charge in [-0.1, -0.05) is 12.1 Å². The van der Waals surface area contributed by atoms with Crippen LogP contribution < -0.4 is 10.2 Å². The van der Waals surface area contributed by atoms with Crippen LogP contribution in [0.4, 0.5) is 5.69 Å². The van der Waals surface area contributed by atoms with Gasteiger partial charge in [0.15, 0.2) is 0 Å². The number of rotatable bonds is 5. The molecule has 0 saturated carbocycles. The van der Waals surface area contributed by atoms with Gasteiger partial charge in [0.05, 0.1) is 5.69 Å². The quantitative estimate of drug-likeness (QED) is 0.906. The zero-order chi connectivity index (χ0) is 14.7. The highest BCUT2D eigenvalue weighted by Crippen LogP contribution is 2.22. The van der Waals surface area contributed by atoms with Gasteiger partial charge in [0.1, 0.15) is 0 Å². The Hall–Kier alpha value is -1.81. The molecule has 1 unspecified atom stereocenters. The molecule has 0 amide bonds. The van der Waals surface area contributed by atoms with E-state index in [9.17, 15) is 0 Å². The largest absolute Gasteiger partial charge is 0.378 e. The van der Waals surface area contributed by atoms with Crippen molar-refractivity contribution in [3.63, 3.8) is 0 Å². The van der Waals surface area contributed by atoms with Gasteiger partial charge in [-0.05, 0) is 37.7 Å². The van der Waals surface area contributed by atoms with E-state index in [1.54, 1.807) is 0 Å². The van der Waals surface area contributed by atoms with Crippen molar-refractivity contribution in [1.82, 2.24) is 15.1 Å². The Labute approximate surface area is 121 Å². The molecule has 1 aromatic heterocycles. The Morgan fingerprint density at radius 2 is 2.05 bits per heavy atom. The monoisotopic (exact) mass is 272 g/mol. The second-order valence-electron chi connectivity index (χ2n) is 5.44. The average molecular weight is 272 g/mol. The van der Waals surface area contributed by atoms with Crippen LogP contribution in [0.3, 0.4) is 0 Å². The van der Waals surface area contributed by atoms with E-state index < -0.39 is 0 Å². The lowest BCUT2D eigenvalue weighted by Crippen LogP contribution is -2.20. The molecule has 20 heavy (non-hydrogen) atoms. The zero-order valence-electron chi connectivity index (χ0n) is 13.0. The van der Waals surface area contributed by atoms with E-state index in [0.29, 0.717) is 6.04 Å². The molecule has 108 valence electrons. The molecule has 0 fully saturated rings. The van der Waals surface area contributed by atoms with Gasteiger partial charge in [0.25, 0.3) is 0 Å². The van der Waals surface area contributed by atoms with Crippen LogP contribution in [0.25, 0.3) is 0 Å². The summed E-state index contributed by atoms with van der Waals surface area (Å²) in [6.07, 6.45) is 0.935. The van der Waals surface area contributed by atoms with Crippen molar-refractivity contribution in [2.24, 2.45) is 7.05 Å². The molecule has 2 rings (SSSR count). The minimum Gasteiger partial charge on any atom is -0.378 e. The van der Waals surface area contributed by atoms with Gasteiger partial charge in [0, 0.05) is 45.0 Å². The standard InChI is InChI=1S/C16H24N4/c1-12-9-15(20(5)18-12)11-16(17-2)13-7-6-8-14(10-13)19(3)4/h6-10,16-17H,11H2,1-5H3. The van der Waals surface area contributed by atoms with Crippen molar-refractivity contribution in [2.45, 2.75) is 19.4 Å². The number of likely N-dealkylation sites (N-methyl/N-ethyl adjacent to an activating group) is 1. The van der Waals surface area contributed by atoms with E-state index in [1.165, 1.54) is 16.9 Å². The SMILES string of the molecule is CNC(Cc1cc(C)nn1C)c1cccc(N(C)C)c1. The molecule has 0 aliphatic rings. The number of nitrogens with zero attached hydrogens (tertiary/aromatic N) is 3. The van der Waals surface area contributed by atoms with Crippen LogP contribution in [-0.4, -0.2) is 30.9 Å². The molecule has 2 aromatic rings. The Morgan fingerprint density at radius 1 is 1.30 bits per heavy atom. The molecular weight excluding hydrogens is 248 g/mol. The third-order valence-electron chi connectivity index (χ3n) is 3.65. The fourth-order valence-electron chi connectivity index (χ4n) is 2.47. The highest BCUT2D eigenvalue weighted by atomic mass is 15.3. The summed E-state index contributed by atoms with van der Waals surface area (Å²) in [4.78, 5) is 2.13. The van der Waals surface area contributed by atoms with Gasteiger partial charge in [-0.15, -0.1) is 0 Å². The van der Waals surface area contributed by atoms with E-state index in [2.05, 4.69) is 59.7 Å². The highest BCUT2D eigenvalue weighted by molar-refractivity contribution is 5.48. The fourth-order valence-corrected chi connectivity index (χ4v) is 2.47. The second kappa shape index (κ2) is 6.09. The molecule has 1 heterocycles. The smallest absolute Gasteiger partial charge is 0.0596 e. The van der Waals surface area contributed by atoms with Gasteiger partial charge in [-0.25, -0.2) is 0 Å². The highest BCUT2D eigenvalue weighted by Gasteiger charge is 2.13. The van der Waals surface area contributed by atoms with Crippen LogP contribution in [0.1, 0.15) is 23.0 Å². The maximum atomic E-state index is 4.42. The first kappa shape index (κ1) is 14.6. The molecule has 1 N–H and O–H groups in total. The first-order valence-corrected chi connectivity index (χ1v) is 6.95. The zero-order valence-corrected chi connectivity index (χ0v) is 13.0. The Morgan fingerprint density at radius 3 is 2.60 bits per heavy atom. The maximum absolute atomic E-state index is 4.42. The number of aryl methyl sites for hydroxylation is 2. The number of anilines is 1. The summed E-state index contributed by atoms with van der Waals surface area (Å²) >= 11 is 0. The van der Waals surface area contributed by atoms with Crippen LogP contribution in [0.5, 0.6) is 0 Å². The predicted molar refractivity (Wildman–Crippen MR) is 84.2 cm³/mol. The summed E-state index contributed by atoms with van der Waals surface area (Å²) in [6.45, 7) is 2.03. The first-order valence-electron chi connectivity index (χ1n) is 6.95. The molecule has 0 saturated heterocycles. The Balaban J connectivity index is 2.24. The maximum Gasteiger partial charge on any atom is 0.0596 e. The number of benzene rings is 1. The summed E-state index contributed by atoms with van der Waals surface area (Å²) in [7, 11) is 8.15. The number of aromatic nitrogens is 2. The average Bonchev–Trinajstić information content (AvgIpc) is 2.74. The molecule has 0 spiro atoms. The van der Waals surface area contributed by atoms with Crippen LogP contribution in [-0.2, 0) is 13.5 Å². The lowest BCUT2D eigenvalue weighted by Gasteiger charge is -2.20. The van der Waals surface area contributed by atoms with Gasteiger partial charge < -0.3 is 10.2 Å². The van der Waals surface area contributed by atoms with Crippen molar-refractivity contribution in [3.8, 4) is 0 Å². The van der Waals surface area contributed by atoms with Crippen molar-refractivity contribution in [3.05, 3.63) is 47.3 Å². The Kier molecular flexibility index (Phi) is 4.45.